The molecule has 1 amide bonds. The average molecular weight is 473 g/mol. The molecule has 2 fully saturated rings. The summed E-state index contributed by atoms with van der Waals surface area (Å²) in [7, 11) is -1.41. The first kappa shape index (κ1) is 21.1. The Morgan fingerprint density at radius 3 is 2.53 bits per heavy atom. The zero-order chi connectivity index (χ0) is 22.3. The topological polar surface area (TPSA) is 92.7 Å². The van der Waals surface area contributed by atoms with Crippen LogP contribution in [0.2, 0.25) is 0 Å². The van der Waals surface area contributed by atoms with Gasteiger partial charge in [0.05, 0.1) is 34.8 Å². The largest absolute Gasteiger partial charge is 0.497 e. The molecule has 0 aliphatic carbocycles. The van der Waals surface area contributed by atoms with E-state index in [2.05, 4.69) is 20.9 Å². The molecule has 2 aromatic heterocycles. The molecule has 3 aromatic rings. The highest BCUT2D eigenvalue weighted by atomic mass is 32.2. The highest BCUT2D eigenvalue weighted by Gasteiger charge is 2.36. The fourth-order valence-electron chi connectivity index (χ4n) is 4.35. The zero-order valence-electron chi connectivity index (χ0n) is 17.7. The van der Waals surface area contributed by atoms with E-state index in [0.717, 1.165) is 32.2 Å². The molecule has 168 valence electrons. The first-order valence-corrected chi connectivity index (χ1v) is 13.2. The molecular formula is C22H24N4O4S2. The van der Waals surface area contributed by atoms with E-state index < -0.39 is 9.84 Å². The van der Waals surface area contributed by atoms with E-state index in [1.54, 1.807) is 29.7 Å². The van der Waals surface area contributed by atoms with Crippen LogP contribution >= 0.6 is 11.3 Å². The van der Waals surface area contributed by atoms with Gasteiger partial charge in [-0.3, -0.25) is 4.79 Å². The summed E-state index contributed by atoms with van der Waals surface area (Å²) < 4.78 is 29.7. The second-order valence-corrected chi connectivity index (χ2v) is 11.4. The molecule has 32 heavy (non-hydrogen) atoms. The van der Waals surface area contributed by atoms with Crippen LogP contribution in [0.15, 0.2) is 36.7 Å². The summed E-state index contributed by atoms with van der Waals surface area (Å²) >= 11 is 1.66. The van der Waals surface area contributed by atoms with Crippen molar-refractivity contribution in [3.8, 4) is 16.2 Å². The fourth-order valence-corrected chi connectivity index (χ4v) is 7.22. The van der Waals surface area contributed by atoms with E-state index in [1.807, 2.05) is 24.3 Å². The van der Waals surface area contributed by atoms with Gasteiger partial charge in [-0.05, 0) is 42.3 Å². The number of carbonyl (C=O) groups excluding carboxylic acids is 1. The lowest BCUT2D eigenvalue weighted by Gasteiger charge is -2.36. The Morgan fingerprint density at radius 1 is 1.12 bits per heavy atom. The van der Waals surface area contributed by atoms with E-state index in [-0.39, 0.29) is 23.3 Å². The van der Waals surface area contributed by atoms with Crippen LogP contribution in [0.3, 0.4) is 0 Å². The minimum Gasteiger partial charge on any atom is -0.497 e. The number of methoxy groups -OCH3 is 1. The summed E-state index contributed by atoms with van der Waals surface area (Å²) in [5.41, 5.74) is 2.00. The van der Waals surface area contributed by atoms with Crippen molar-refractivity contribution < 1.29 is 17.9 Å². The molecule has 0 N–H and O–H groups in total. The molecule has 8 nitrogen and oxygen atoms in total. The van der Waals surface area contributed by atoms with Gasteiger partial charge in [0.1, 0.15) is 17.9 Å². The zero-order valence-corrected chi connectivity index (χ0v) is 19.4. The number of ether oxygens (including phenoxy) is 1. The number of nitrogens with zero attached hydrogens (tertiary/aromatic N) is 4. The van der Waals surface area contributed by atoms with Gasteiger partial charge in [-0.25, -0.2) is 18.4 Å². The Labute approximate surface area is 190 Å². The van der Waals surface area contributed by atoms with Crippen molar-refractivity contribution >= 4 is 43.1 Å². The van der Waals surface area contributed by atoms with Crippen molar-refractivity contribution in [2.75, 3.05) is 49.7 Å². The van der Waals surface area contributed by atoms with Crippen molar-refractivity contribution in [1.29, 1.82) is 0 Å². The smallest absolute Gasteiger partial charge is 0.226 e. The first-order valence-electron chi connectivity index (χ1n) is 10.6. The fraction of sp³-hybridized carbons (Fsp3) is 0.409. The maximum absolute atomic E-state index is 12.8. The summed E-state index contributed by atoms with van der Waals surface area (Å²) in [6.45, 7) is 2.45. The molecule has 1 unspecified atom stereocenters. The average Bonchev–Trinajstić information content (AvgIpc) is 3.41. The number of thiophene rings is 1. The van der Waals surface area contributed by atoms with Gasteiger partial charge in [0, 0.05) is 31.1 Å². The quantitative estimate of drug-likeness (QED) is 0.576. The Hall–Kier alpha value is -2.72. The van der Waals surface area contributed by atoms with Gasteiger partial charge in [-0.1, -0.05) is 0 Å². The number of benzene rings is 1. The summed E-state index contributed by atoms with van der Waals surface area (Å²) in [5, 5.41) is 0. The van der Waals surface area contributed by atoms with Crippen molar-refractivity contribution in [3.63, 3.8) is 0 Å². The maximum atomic E-state index is 12.8. The highest BCUT2D eigenvalue weighted by molar-refractivity contribution is 7.91. The van der Waals surface area contributed by atoms with Crippen LogP contribution in [-0.2, 0) is 14.6 Å². The highest BCUT2D eigenvalue weighted by Crippen LogP contribution is 2.37. The first-order chi connectivity index (χ1) is 15.4. The van der Waals surface area contributed by atoms with Gasteiger partial charge in [0.2, 0.25) is 5.91 Å². The van der Waals surface area contributed by atoms with Crippen LogP contribution in [-0.4, -0.2) is 74.0 Å². The molecule has 2 aliphatic rings. The molecule has 2 aliphatic heterocycles. The molecule has 4 heterocycles. The maximum Gasteiger partial charge on any atom is 0.226 e. The van der Waals surface area contributed by atoms with Crippen LogP contribution in [0, 0.1) is 5.92 Å². The van der Waals surface area contributed by atoms with Crippen molar-refractivity contribution in [2.45, 2.75) is 6.42 Å². The van der Waals surface area contributed by atoms with Crippen molar-refractivity contribution in [2.24, 2.45) is 5.92 Å². The van der Waals surface area contributed by atoms with Crippen LogP contribution < -0.4 is 9.64 Å². The Kier molecular flexibility index (Phi) is 5.50. The van der Waals surface area contributed by atoms with E-state index in [9.17, 15) is 13.2 Å². The third-order valence-electron chi connectivity index (χ3n) is 6.14. The Balaban J connectivity index is 1.32. The number of amides is 1. The molecule has 1 aromatic carbocycles. The normalized spacial score (nSPS) is 20.6. The van der Waals surface area contributed by atoms with Gasteiger partial charge in [0.25, 0.3) is 0 Å². The third kappa shape index (κ3) is 4.04. The second kappa shape index (κ2) is 8.32. The predicted molar refractivity (Wildman–Crippen MR) is 125 cm³/mol. The minimum atomic E-state index is -3.06. The number of sulfone groups is 1. The number of fused-ring (bicyclic) bond motifs is 1. The second-order valence-electron chi connectivity index (χ2n) is 8.16. The minimum absolute atomic E-state index is 0.0120. The van der Waals surface area contributed by atoms with E-state index in [1.165, 1.54) is 0 Å². The number of hydrogen-bond donors (Lipinski definition) is 0. The number of rotatable bonds is 4. The van der Waals surface area contributed by atoms with Crippen molar-refractivity contribution in [3.05, 3.63) is 36.7 Å². The summed E-state index contributed by atoms with van der Waals surface area (Å²) in [5.74, 6) is 1.39. The monoisotopic (exact) mass is 472 g/mol. The van der Waals surface area contributed by atoms with Gasteiger partial charge >= 0.3 is 0 Å². The van der Waals surface area contributed by atoms with Crippen LogP contribution in [0.25, 0.3) is 20.7 Å². The number of carbonyl (C=O) groups is 1. The van der Waals surface area contributed by atoms with Crippen LogP contribution in [0.4, 0.5) is 5.82 Å². The van der Waals surface area contributed by atoms with E-state index in [0.29, 0.717) is 32.6 Å². The summed E-state index contributed by atoms with van der Waals surface area (Å²) in [4.78, 5) is 26.9. The lowest BCUT2D eigenvalue weighted by molar-refractivity contribution is -0.135. The molecular weight excluding hydrogens is 448 g/mol. The Morgan fingerprint density at radius 2 is 1.88 bits per heavy atom. The number of piperazine rings is 1. The molecule has 2 saturated heterocycles. The third-order valence-corrected chi connectivity index (χ3v) is 9.08. The lowest BCUT2D eigenvalue weighted by atomic mass is 10.1. The van der Waals surface area contributed by atoms with Gasteiger partial charge in [-0.2, -0.15) is 0 Å². The molecule has 5 rings (SSSR count). The summed E-state index contributed by atoms with van der Waals surface area (Å²) in [6, 6.07) is 10.0. The van der Waals surface area contributed by atoms with Gasteiger partial charge in [0.15, 0.2) is 9.84 Å². The Bertz CT molecular complexity index is 1250. The predicted octanol–water partition coefficient (Wildman–Crippen LogP) is 2.45. The van der Waals surface area contributed by atoms with Crippen LogP contribution in [0.1, 0.15) is 6.42 Å². The summed E-state index contributed by atoms with van der Waals surface area (Å²) in [6.07, 6.45) is 2.03. The SMILES string of the molecule is COc1ccc(-c2cc3ncnc(N4CCN(C(=O)C5CCS(=O)(=O)C5)CC4)c3s2)cc1. The number of anilines is 1. The van der Waals surface area contributed by atoms with Gasteiger partial charge in [-0.15, -0.1) is 11.3 Å². The molecule has 0 bridgehead atoms. The molecule has 0 saturated carbocycles. The standard InChI is InChI=1S/C22H24N4O4S2/c1-30-17-4-2-15(3-5-17)19-12-18-20(31-19)21(24-14-23-18)25-7-9-26(10-8-25)22(27)16-6-11-32(28,29)13-16/h2-5,12,14,16H,6-11,13H2,1H3. The molecule has 10 heteroatoms. The molecule has 0 radical (unpaired) electrons. The number of hydrogen-bond acceptors (Lipinski definition) is 8. The molecule has 0 spiro atoms. The van der Waals surface area contributed by atoms with E-state index in [4.69, 9.17) is 4.74 Å². The lowest BCUT2D eigenvalue weighted by Crippen LogP contribution is -2.50. The number of aromatic nitrogens is 2. The molecule has 1 atom stereocenters. The van der Waals surface area contributed by atoms with Crippen molar-refractivity contribution in [1.82, 2.24) is 14.9 Å². The van der Waals surface area contributed by atoms with Crippen LogP contribution in [0.5, 0.6) is 5.75 Å². The van der Waals surface area contributed by atoms with Gasteiger partial charge < -0.3 is 14.5 Å². The van der Waals surface area contributed by atoms with E-state index >= 15 is 0 Å².